The lowest BCUT2D eigenvalue weighted by atomic mass is 10.1. The van der Waals surface area contributed by atoms with Gasteiger partial charge in [0, 0.05) is 24.5 Å². The van der Waals surface area contributed by atoms with Crippen molar-refractivity contribution in [3.05, 3.63) is 34.6 Å². The van der Waals surface area contributed by atoms with Crippen molar-refractivity contribution in [2.45, 2.75) is 57.0 Å². The molecule has 1 aromatic carbocycles. The normalized spacial score (nSPS) is 22.0. The number of hydrogen-bond donors (Lipinski definition) is 1. The summed E-state index contributed by atoms with van der Waals surface area (Å²) in [6, 6.07) is 8.33. The standard InChI is InChI=1S/C19H26N4O.ClH/c20-14-7-5-6-12-22(13-14)18-16-10-3-4-11-17(16)19(24)23(21-18)15-8-1-2-9-15;/h3-4,10-11,14-15H,1-2,5-9,12-13,20H2;1H. The molecule has 0 amide bonds. The van der Waals surface area contributed by atoms with Crippen molar-refractivity contribution < 1.29 is 0 Å². The first-order chi connectivity index (χ1) is 11.7. The first kappa shape index (κ1) is 18.2. The summed E-state index contributed by atoms with van der Waals surface area (Å²) in [6.45, 7) is 1.79. The molecule has 6 heteroatoms. The number of hydrogen-bond acceptors (Lipinski definition) is 4. The Bertz CT molecular complexity index is 785. The van der Waals surface area contributed by atoms with Crippen LogP contribution in [0.4, 0.5) is 5.82 Å². The van der Waals surface area contributed by atoms with Crippen molar-refractivity contribution in [1.82, 2.24) is 9.78 Å². The Labute approximate surface area is 154 Å². The van der Waals surface area contributed by atoms with E-state index in [0.717, 1.165) is 61.8 Å². The van der Waals surface area contributed by atoms with E-state index in [0.29, 0.717) is 0 Å². The summed E-state index contributed by atoms with van der Waals surface area (Å²) in [4.78, 5) is 15.2. The Kier molecular flexibility index (Phi) is 5.64. The molecule has 0 spiro atoms. The van der Waals surface area contributed by atoms with Gasteiger partial charge in [0.25, 0.3) is 5.56 Å². The molecule has 1 unspecified atom stereocenters. The Morgan fingerprint density at radius 2 is 1.68 bits per heavy atom. The second-order valence-electron chi connectivity index (χ2n) is 7.26. The molecule has 0 bridgehead atoms. The van der Waals surface area contributed by atoms with Crippen molar-refractivity contribution >= 4 is 29.0 Å². The van der Waals surface area contributed by atoms with E-state index in [4.69, 9.17) is 10.8 Å². The number of benzene rings is 1. The average Bonchev–Trinajstić information content (AvgIpc) is 3.04. The molecule has 1 aliphatic heterocycles. The molecule has 25 heavy (non-hydrogen) atoms. The Balaban J connectivity index is 0.00000182. The molecule has 2 aliphatic rings. The molecule has 136 valence electrons. The van der Waals surface area contributed by atoms with Gasteiger partial charge in [0.2, 0.25) is 0 Å². The SMILES string of the molecule is Cl.NC1CCCCN(c2nn(C3CCCC3)c(=O)c3ccccc23)C1. The molecule has 1 aliphatic carbocycles. The van der Waals surface area contributed by atoms with Crippen LogP contribution < -0.4 is 16.2 Å². The van der Waals surface area contributed by atoms with Crippen molar-refractivity contribution in [3.63, 3.8) is 0 Å². The Hall–Kier alpha value is -1.59. The maximum atomic E-state index is 12.9. The van der Waals surface area contributed by atoms with E-state index in [1.807, 2.05) is 24.3 Å². The molecular weight excluding hydrogens is 336 g/mol. The lowest BCUT2D eigenvalue weighted by Gasteiger charge is -2.26. The number of nitrogens with two attached hydrogens (primary N) is 1. The maximum Gasteiger partial charge on any atom is 0.275 e. The number of aromatic nitrogens is 2. The number of fused-ring (bicyclic) bond motifs is 1. The predicted molar refractivity (Wildman–Crippen MR) is 105 cm³/mol. The summed E-state index contributed by atoms with van der Waals surface area (Å²) >= 11 is 0. The van der Waals surface area contributed by atoms with Crippen LogP contribution in [0.3, 0.4) is 0 Å². The van der Waals surface area contributed by atoms with Gasteiger partial charge in [-0.25, -0.2) is 4.68 Å². The zero-order valence-electron chi connectivity index (χ0n) is 14.6. The van der Waals surface area contributed by atoms with Crippen molar-refractivity contribution in [3.8, 4) is 0 Å². The molecule has 1 aromatic heterocycles. The van der Waals surface area contributed by atoms with Gasteiger partial charge in [0.05, 0.1) is 11.4 Å². The van der Waals surface area contributed by atoms with Crippen LogP contribution in [0.1, 0.15) is 51.0 Å². The molecule has 1 atom stereocenters. The van der Waals surface area contributed by atoms with Crippen LogP contribution in [-0.2, 0) is 0 Å². The number of halogens is 1. The van der Waals surface area contributed by atoms with E-state index < -0.39 is 0 Å². The average molecular weight is 363 g/mol. The summed E-state index contributed by atoms with van der Waals surface area (Å²) in [5, 5.41) is 6.60. The van der Waals surface area contributed by atoms with E-state index in [9.17, 15) is 4.79 Å². The molecule has 1 saturated heterocycles. The maximum absolute atomic E-state index is 12.9. The van der Waals surface area contributed by atoms with E-state index >= 15 is 0 Å². The van der Waals surface area contributed by atoms with E-state index in [1.165, 1.54) is 12.8 Å². The fourth-order valence-corrected chi connectivity index (χ4v) is 4.19. The zero-order chi connectivity index (χ0) is 16.5. The monoisotopic (exact) mass is 362 g/mol. The molecule has 2 heterocycles. The van der Waals surface area contributed by atoms with E-state index in [2.05, 4.69) is 4.90 Å². The molecule has 2 aromatic rings. The number of nitrogens with zero attached hydrogens (tertiary/aromatic N) is 3. The van der Waals surface area contributed by atoms with Gasteiger partial charge < -0.3 is 10.6 Å². The van der Waals surface area contributed by atoms with Gasteiger partial charge in [-0.3, -0.25) is 4.79 Å². The second kappa shape index (κ2) is 7.75. The van der Waals surface area contributed by atoms with Crippen molar-refractivity contribution in [2.75, 3.05) is 18.0 Å². The van der Waals surface area contributed by atoms with Gasteiger partial charge >= 0.3 is 0 Å². The van der Waals surface area contributed by atoms with E-state index in [-0.39, 0.29) is 30.0 Å². The van der Waals surface area contributed by atoms with Crippen LogP contribution in [0, 0.1) is 0 Å². The molecule has 1 saturated carbocycles. The Morgan fingerprint density at radius 1 is 1.00 bits per heavy atom. The van der Waals surface area contributed by atoms with Crippen LogP contribution in [0.2, 0.25) is 0 Å². The summed E-state index contributed by atoms with van der Waals surface area (Å²) in [5.41, 5.74) is 6.31. The first-order valence-electron chi connectivity index (χ1n) is 9.26. The largest absolute Gasteiger partial charge is 0.353 e. The van der Waals surface area contributed by atoms with Gasteiger partial charge in [-0.1, -0.05) is 37.5 Å². The van der Waals surface area contributed by atoms with Crippen molar-refractivity contribution in [1.29, 1.82) is 0 Å². The lowest BCUT2D eigenvalue weighted by Crippen LogP contribution is -2.38. The summed E-state index contributed by atoms with van der Waals surface area (Å²) in [7, 11) is 0. The third-order valence-corrected chi connectivity index (χ3v) is 5.49. The highest BCUT2D eigenvalue weighted by Gasteiger charge is 2.24. The van der Waals surface area contributed by atoms with E-state index in [1.54, 1.807) is 4.68 Å². The number of rotatable bonds is 2. The quantitative estimate of drug-likeness (QED) is 0.890. The third-order valence-electron chi connectivity index (χ3n) is 5.49. The van der Waals surface area contributed by atoms with Crippen molar-refractivity contribution in [2.24, 2.45) is 5.73 Å². The lowest BCUT2D eigenvalue weighted by molar-refractivity contribution is 0.446. The van der Waals surface area contributed by atoms with Gasteiger partial charge in [0.15, 0.2) is 5.82 Å². The van der Waals surface area contributed by atoms with Crippen LogP contribution in [0.5, 0.6) is 0 Å². The molecule has 0 radical (unpaired) electrons. The third kappa shape index (κ3) is 3.53. The minimum absolute atomic E-state index is 0. The molecule has 2 N–H and O–H groups in total. The highest BCUT2D eigenvalue weighted by molar-refractivity contribution is 5.91. The van der Waals surface area contributed by atoms with Crippen LogP contribution in [-0.4, -0.2) is 28.9 Å². The molecule has 4 rings (SSSR count). The second-order valence-corrected chi connectivity index (χ2v) is 7.26. The summed E-state index contributed by atoms with van der Waals surface area (Å²) < 4.78 is 1.76. The van der Waals surface area contributed by atoms with Crippen LogP contribution in [0.15, 0.2) is 29.1 Å². The first-order valence-corrected chi connectivity index (χ1v) is 9.26. The van der Waals surface area contributed by atoms with Gasteiger partial charge in [-0.2, -0.15) is 5.10 Å². The topological polar surface area (TPSA) is 64.2 Å². The highest BCUT2D eigenvalue weighted by Crippen LogP contribution is 2.30. The molecule has 5 nitrogen and oxygen atoms in total. The van der Waals surface area contributed by atoms with Gasteiger partial charge in [-0.15, -0.1) is 12.4 Å². The van der Waals surface area contributed by atoms with Gasteiger partial charge in [0.1, 0.15) is 0 Å². The highest BCUT2D eigenvalue weighted by atomic mass is 35.5. The minimum Gasteiger partial charge on any atom is -0.353 e. The van der Waals surface area contributed by atoms with Crippen LogP contribution >= 0.6 is 12.4 Å². The smallest absolute Gasteiger partial charge is 0.275 e. The summed E-state index contributed by atoms with van der Waals surface area (Å²) in [6.07, 6.45) is 7.86. The molecular formula is C19H27ClN4O. The fourth-order valence-electron chi connectivity index (χ4n) is 4.19. The predicted octanol–water partition coefficient (Wildman–Crippen LogP) is 3.25. The molecule has 2 fully saturated rings. The minimum atomic E-state index is 0. The zero-order valence-corrected chi connectivity index (χ0v) is 15.4. The van der Waals surface area contributed by atoms with Crippen LogP contribution in [0.25, 0.3) is 10.8 Å². The number of anilines is 1. The fraction of sp³-hybridized carbons (Fsp3) is 0.579. The Morgan fingerprint density at radius 3 is 2.44 bits per heavy atom. The van der Waals surface area contributed by atoms with Gasteiger partial charge in [-0.05, 0) is 31.7 Å². The summed E-state index contributed by atoms with van der Waals surface area (Å²) in [5.74, 6) is 0.939.